The molecule has 1 rings (SSSR count). The van der Waals surface area contributed by atoms with E-state index in [1.165, 1.54) is 19.3 Å². The fraction of sp³-hybridized carbons (Fsp3) is 1.00. The maximum absolute atomic E-state index is 5.86. The fourth-order valence-electron chi connectivity index (χ4n) is 1.95. The zero-order valence-electron chi connectivity index (χ0n) is 8.35. The molecule has 0 amide bonds. The molecule has 0 bridgehead atoms. The Labute approximate surface area is 89.1 Å². The molecule has 2 nitrogen and oxygen atoms in total. The van der Waals surface area contributed by atoms with E-state index >= 15 is 0 Å². The van der Waals surface area contributed by atoms with Crippen molar-refractivity contribution in [2.45, 2.75) is 37.7 Å². The smallest absolute Gasteiger partial charge is 0.0915 e. The van der Waals surface area contributed by atoms with Gasteiger partial charge in [-0.1, -0.05) is 15.9 Å². The normalized spacial score (nSPS) is 29.1. The van der Waals surface area contributed by atoms with Crippen molar-refractivity contribution < 1.29 is 9.47 Å². The summed E-state index contributed by atoms with van der Waals surface area (Å²) in [6.45, 7) is 1.66. The zero-order chi connectivity index (χ0) is 9.57. The highest BCUT2D eigenvalue weighted by molar-refractivity contribution is 9.09. The van der Waals surface area contributed by atoms with Crippen molar-refractivity contribution >= 4 is 15.9 Å². The Morgan fingerprint density at radius 2 is 2.31 bits per heavy atom. The van der Waals surface area contributed by atoms with Crippen LogP contribution in [-0.2, 0) is 9.47 Å². The molecule has 1 unspecified atom stereocenters. The molecule has 0 aromatic heterocycles. The van der Waals surface area contributed by atoms with Crippen LogP contribution in [0, 0.1) is 0 Å². The van der Waals surface area contributed by atoms with E-state index in [0.717, 1.165) is 31.4 Å². The molecule has 0 radical (unpaired) electrons. The van der Waals surface area contributed by atoms with Crippen molar-refractivity contribution in [3.05, 3.63) is 0 Å². The van der Waals surface area contributed by atoms with Gasteiger partial charge in [0, 0.05) is 19.0 Å². The Balaban J connectivity index is 2.40. The Kier molecular flexibility index (Phi) is 5.29. The second-order valence-corrected chi connectivity index (χ2v) is 4.51. The van der Waals surface area contributed by atoms with Gasteiger partial charge in [0.2, 0.25) is 0 Å². The number of rotatable bonds is 5. The lowest BCUT2D eigenvalue weighted by molar-refractivity contribution is -0.120. The van der Waals surface area contributed by atoms with Crippen molar-refractivity contribution in [3.8, 4) is 0 Å². The molecular formula is C10H19BrO2. The van der Waals surface area contributed by atoms with Crippen molar-refractivity contribution in [1.82, 2.24) is 0 Å². The molecule has 3 heteroatoms. The van der Waals surface area contributed by atoms with Crippen molar-refractivity contribution in [1.29, 1.82) is 0 Å². The Hall–Kier alpha value is 0.400. The van der Waals surface area contributed by atoms with Crippen LogP contribution in [0.25, 0.3) is 0 Å². The summed E-state index contributed by atoms with van der Waals surface area (Å²) in [5, 5.41) is 1.06. The van der Waals surface area contributed by atoms with Gasteiger partial charge in [-0.15, -0.1) is 0 Å². The summed E-state index contributed by atoms with van der Waals surface area (Å²) in [5.74, 6) is 0. The molecule has 13 heavy (non-hydrogen) atoms. The second kappa shape index (κ2) is 5.99. The van der Waals surface area contributed by atoms with E-state index in [0.29, 0.717) is 0 Å². The molecule has 0 aromatic carbocycles. The number of halogens is 1. The van der Waals surface area contributed by atoms with E-state index in [1.54, 1.807) is 7.11 Å². The number of hydrogen-bond acceptors (Lipinski definition) is 2. The third kappa shape index (κ3) is 3.56. The monoisotopic (exact) mass is 250 g/mol. The van der Waals surface area contributed by atoms with Crippen molar-refractivity contribution in [3.63, 3.8) is 0 Å². The largest absolute Gasteiger partial charge is 0.382 e. The van der Waals surface area contributed by atoms with E-state index in [-0.39, 0.29) is 5.60 Å². The van der Waals surface area contributed by atoms with Crippen molar-refractivity contribution in [2.75, 3.05) is 25.7 Å². The standard InChI is InChI=1S/C10H19BrO2/c1-12-9-10(6-4-7-11)5-2-3-8-13-10/h2-9H2,1H3. The number of methoxy groups -OCH3 is 1. The van der Waals surface area contributed by atoms with Crippen LogP contribution in [0.1, 0.15) is 32.1 Å². The first-order chi connectivity index (χ1) is 6.33. The molecule has 0 spiro atoms. The van der Waals surface area contributed by atoms with Crippen LogP contribution >= 0.6 is 15.9 Å². The summed E-state index contributed by atoms with van der Waals surface area (Å²) in [5.41, 5.74) is 0.0285. The van der Waals surface area contributed by atoms with E-state index < -0.39 is 0 Å². The quantitative estimate of drug-likeness (QED) is 0.699. The summed E-state index contributed by atoms with van der Waals surface area (Å²) in [6, 6.07) is 0. The first kappa shape index (κ1) is 11.5. The molecule has 0 N–H and O–H groups in total. The average molecular weight is 251 g/mol. The van der Waals surface area contributed by atoms with Gasteiger partial charge in [-0.05, 0) is 32.1 Å². The highest BCUT2D eigenvalue weighted by atomic mass is 79.9. The van der Waals surface area contributed by atoms with Crippen LogP contribution < -0.4 is 0 Å². The second-order valence-electron chi connectivity index (χ2n) is 3.71. The molecule has 1 atom stereocenters. The zero-order valence-corrected chi connectivity index (χ0v) is 9.94. The van der Waals surface area contributed by atoms with Crippen LogP contribution in [0.2, 0.25) is 0 Å². The molecule has 78 valence electrons. The van der Waals surface area contributed by atoms with Gasteiger partial charge in [0.1, 0.15) is 0 Å². The lowest BCUT2D eigenvalue weighted by Gasteiger charge is -2.36. The average Bonchev–Trinajstić information content (AvgIpc) is 2.17. The van der Waals surface area contributed by atoms with E-state index in [9.17, 15) is 0 Å². The third-order valence-corrected chi connectivity index (χ3v) is 3.17. The molecule has 1 aliphatic heterocycles. The number of hydrogen-bond donors (Lipinski definition) is 0. The van der Waals surface area contributed by atoms with Gasteiger partial charge < -0.3 is 9.47 Å². The lowest BCUT2D eigenvalue weighted by atomic mass is 9.90. The molecule has 0 aliphatic carbocycles. The molecule has 0 saturated carbocycles. The molecule has 1 aliphatic rings. The molecule has 0 aromatic rings. The molecular weight excluding hydrogens is 232 g/mol. The van der Waals surface area contributed by atoms with Crippen LogP contribution in [0.15, 0.2) is 0 Å². The maximum Gasteiger partial charge on any atom is 0.0915 e. The SMILES string of the molecule is COCC1(CCCBr)CCCCO1. The molecule has 1 saturated heterocycles. The maximum atomic E-state index is 5.86. The first-order valence-electron chi connectivity index (χ1n) is 5.02. The summed E-state index contributed by atoms with van der Waals surface area (Å²) >= 11 is 3.46. The van der Waals surface area contributed by atoms with E-state index in [1.807, 2.05) is 0 Å². The van der Waals surface area contributed by atoms with Gasteiger partial charge in [0.25, 0.3) is 0 Å². The molecule has 1 fully saturated rings. The van der Waals surface area contributed by atoms with Gasteiger partial charge >= 0.3 is 0 Å². The predicted octanol–water partition coefficient (Wildman–Crippen LogP) is 2.75. The van der Waals surface area contributed by atoms with Gasteiger partial charge in [-0.3, -0.25) is 0 Å². The fourth-order valence-corrected chi connectivity index (χ4v) is 2.23. The third-order valence-electron chi connectivity index (χ3n) is 2.61. The summed E-state index contributed by atoms with van der Waals surface area (Å²) in [4.78, 5) is 0. The van der Waals surface area contributed by atoms with E-state index in [4.69, 9.17) is 9.47 Å². The number of alkyl halides is 1. The van der Waals surface area contributed by atoms with Crippen molar-refractivity contribution in [2.24, 2.45) is 0 Å². The van der Waals surface area contributed by atoms with Crippen LogP contribution in [-0.4, -0.2) is 31.3 Å². The van der Waals surface area contributed by atoms with Gasteiger partial charge in [0.15, 0.2) is 0 Å². The van der Waals surface area contributed by atoms with E-state index in [2.05, 4.69) is 15.9 Å². The first-order valence-corrected chi connectivity index (χ1v) is 6.14. The minimum atomic E-state index is 0.0285. The Morgan fingerprint density at radius 1 is 1.46 bits per heavy atom. The van der Waals surface area contributed by atoms with Gasteiger partial charge in [-0.25, -0.2) is 0 Å². The predicted molar refractivity (Wildman–Crippen MR) is 57.4 cm³/mol. The Morgan fingerprint density at radius 3 is 2.85 bits per heavy atom. The minimum Gasteiger partial charge on any atom is -0.382 e. The van der Waals surface area contributed by atoms with Gasteiger partial charge in [-0.2, -0.15) is 0 Å². The summed E-state index contributed by atoms with van der Waals surface area (Å²) in [7, 11) is 1.76. The summed E-state index contributed by atoms with van der Waals surface area (Å²) < 4.78 is 11.1. The van der Waals surface area contributed by atoms with Crippen LogP contribution in [0.5, 0.6) is 0 Å². The highest BCUT2D eigenvalue weighted by Crippen LogP contribution is 2.29. The van der Waals surface area contributed by atoms with Crippen LogP contribution in [0.4, 0.5) is 0 Å². The Bertz CT molecular complexity index is 127. The van der Waals surface area contributed by atoms with Gasteiger partial charge in [0.05, 0.1) is 12.2 Å². The van der Waals surface area contributed by atoms with Crippen LogP contribution in [0.3, 0.4) is 0 Å². The highest BCUT2D eigenvalue weighted by Gasteiger charge is 2.32. The topological polar surface area (TPSA) is 18.5 Å². The lowest BCUT2D eigenvalue weighted by Crippen LogP contribution is -2.40. The summed E-state index contributed by atoms with van der Waals surface area (Å²) in [6.07, 6.45) is 5.94. The molecule has 1 heterocycles. The minimum absolute atomic E-state index is 0.0285. The number of ether oxygens (including phenoxy) is 2.